The highest BCUT2D eigenvalue weighted by atomic mass is 32.2. The van der Waals surface area contributed by atoms with Gasteiger partial charge in [-0.05, 0) is 42.5 Å². The first-order valence-electron chi connectivity index (χ1n) is 9.53. The van der Waals surface area contributed by atoms with Gasteiger partial charge in [-0.25, -0.2) is 4.98 Å². The summed E-state index contributed by atoms with van der Waals surface area (Å²) in [6, 6.07) is 10.3. The van der Waals surface area contributed by atoms with E-state index in [1.807, 2.05) is 18.2 Å². The Bertz CT molecular complexity index is 1180. The molecule has 5 rings (SSSR count). The topological polar surface area (TPSA) is 81.9 Å². The van der Waals surface area contributed by atoms with Crippen molar-refractivity contribution in [1.82, 2.24) is 19.7 Å². The Kier molecular flexibility index (Phi) is 5.45. The van der Waals surface area contributed by atoms with E-state index in [-0.39, 0.29) is 11.7 Å². The average molecular weight is 458 g/mol. The predicted octanol–water partition coefficient (Wildman–Crippen LogP) is 4.61. The largest absolute Gasteiger partial charge is 0.497 e. The lowest BCUT2D eigenvalue weighted by Crippen LogP contribution is -2.14. The molecule has 0 bridgehead atoms. The van der Waals surface area contributed by atoms with Crippen LogP contribution in [0.2, 0.25) is 0 Å². The third-order valence-corrected chi connectivity index (χ3v) is 7.49. The van der Waals surface area contributed by atoms with Crippen LogP contribution in [-0.2, 0) is 11.2 Å². The standard InChI is InChI=1S/C20H19N5O2S3/c1-27-13-6-7-15-16(9-13)30-19(21-15)22-18(26)11-29-20-24-23-17(25(20)12-4-5-12)10-14-3-2-8-28-14/h2-3,6-9,12H,4-5,10-11H2,1H3,(H,21,22,26). The Morgan fingerprint density at radius 1 is 1.33 bits per heavy atom. The number of thioether (sulfide) groups is 1. The monoisotopic (exact) mass is 457 g/mol. The Balaban J connectivity index is 1.25. The lowest BCUT2D eigenvalue weighted by Gasteiger charge is -2.08. The molecule has 0 atom stereocenters. The number of anilines is 1. The summed E-state index contributed by atoms with van der Waals surface area (Å²) in [5.74, 6) is 1.92. The van der Waals surface area contributed by atoms with Crippen LogP contribution in [-0.4, -0.2) is 38.5 Å². The molecule has 0 aliphatic heterocycles. The van der Waals surface area contributed by atoms with E-state index in [1.165, 1.54) is 28.0 Å². The highest BCUT2D eigenvalue weighted by Gasteiger charge is 2.30. The van der Waals surface area contributed by atoms with Crippen molar-refractivity contribution in [2.45, 2.75) is 30.5 Å². The highest BCUT2D eigenvalue weighted by Crippen LogP contribution is 2.39. The number of thiazole rings is 1. The first-order chi connectivity index (χ1) is 14.7. The van der Waals surface area contributed by atoms with E-state index >= 15 is 0 Å². The Morgan fingerprint density at radius 3 is 3.00 bits per heavy atom. The molecule has 3 heterocycles. The minimum absolute atomic E-state index is 0.101. The number of carbonyl (C=O) groups is 1. The van der Waals surface area contributed by atoms with Crippen molar-refractivity contribution in [3.05, 3.63) is 46.4 Å². The van der Waals surface area contributed by atoms with E-state index in [0.29, 0.717) is 11.2 Å². The van der Waals surface area contributed by atoms with E-state index in [2.05, 4.69) is 42.6 Å². The molecule has 0 saturated heterocycles. The third kappa shape index (κ3) is 4.21. The number of aromatic nitrogens is 4. The van der Waals surface area contributed by atoms with Crippen molar-refractivity contribution < 1.29 is 9.53 Å². The lowest BCUT2D eigenvalue weighted by molar-refractivity contribution is -0.113. The zero-order chi connectivity index (χ0) is 20.5. The second-order valence-electron chi connectivity index (χ2n) is 6.95. The maximum Gasteiger partial charge on any atom is 0.236 e. The van der Waals surface area contributed by atoms with Crippen LogP contribution in [0.4, 0.5) is 5.13 Å². The second kappa shape index (κ2) is 8.37. The van der Waals surface area contributed by atoms with E-state index in [0.717, 1.165) is 46.2 Å². The number of benzene rings is 1. The van der Waals surface area contributed by atoms with Gasteiger partial charge in [0.15, 0.2) is 10.3 Å². The molecule has 30 heavy (non-hydrogen) atoms. The molecule has 1 aliphatic rings. The van der Waals surface area contributed by atoms with Gasteiger partial charge in [-0.3, -0.25) is 4.79 Å². The number of carbonyl (C=O) groups excluding carboxylic acids is 1. The van der Waals surface area contributed by atoms with Crippen molar-refractivity contribution in [2.24, 2.45) is 0 Å². The van der Waals surface area contributed by atoms with E-state index < -0.39 is 0 Å². The minimum atomic E-state index is -0.101. The van der Waals surface area contributed by atoms with Gasteiger partial charge in [0.05, 0.1) is 23.1 Å². The van der Waals surface area contributed by atoms with Crippen LogP contribution in [0.1, 0.15) is 29.6 Å². The summed E-state index contributed by atoms with van der Waals surface area (Å²) in [5, 5.41) is 15.1. The van der Waals surface area contributed by atoms with Gasteiger partial charge in [-0.15, -0.1) is 21.5 Å². The van der Waals surface area contributed by atoms with E-state index in [4.69, 9.17) is 4.74 Å². The summed E-state index contributed by atoms with van der Waals surface area (Å²) in [6.07, 6.45) is 3.07. The molecule has 1 N–H and O–H groups in total. The van der Waals surface area contributed by atoms with Crippen LogP contribution in [0, 0.1) is 0 Å². The van der Waals surface area contributed by atoms with Crippen molar-refractivity contribution >= 4 is 55.7 Å². The summed E-state index contributed by atoms with van der Waals surface area (Å²) in [4.78, 5) is 18.2. The number of thiophene rings is 1. The Labute approximate surface area is 185 Å². The smallest absolute Gasteiger partial charge is 0.236 e. The quantitative estimate of drug-likeness (QED) is 0.389. The van der Waals surface area contributed by atoms with Crippen molar-refractivity contribution in [1.29, 1.82) is 0 Å². The van der Waals surface area contributed by atoms with E-state index in [9.17, 15) is 4.79 Å². The van der Waals surface area contributed by atoms with Crippen molar-refractivity contribution in [3.63, 3.8) is 0 Å². The number of rotatable bonds is 8. The molecule has 10 heteroatoms. The fourth-order valence-electron chi connectivity index (χ4n) is 3.17. The van der Waals surface area contributed by atoms with Gasteiger partial charge in [0.2, 0.25) is 5.91 Å². The van der Waals surface area contributed by atoms with Gasteiger partial charge in [0.1, 0.15) is 11.6 Å². The first kappa shape index (κ1) is 19.5. The average Bonchev–Trinajstić information content (AvgIpc) is 3.14. The summed E-state index contributed by atoms with van der Waals surface area (Å²) >= 11 is 4.59. The van der Waals surface area contributed by atoms with E-state index in [1.54, 1.807) is 18.4 Å². The number of nitrogens with one attached hydrogen (secondary N) is 1. The fraction of sp³-hybridized carbons (Fsp3) is 0.300. The molecule has 1 fully saturated rings. The highest BCUT2D eigenvalue weighted by molar-refractivity contribution is 7.99. The van der Waals surface area contributed by atoms with Gasteiger partial charge in [0.25, 0.3) is 0 Å². The van der Waals surface area contributed by atoms with Crippen LogP contribution in [0.3, 0.4) is 0 Å². The molecule has 0 radical (unpaired) electrons. The zero-order valence-corrected chi connectivity index (χ0v) is 18.6. The molecule has 1 aliphatic carbocycles. The normalized spacial score (nSPS) is 13.6. The number of ether oxygens (including phenoxy) is 1. The lowest BCUT2D eigenvalue weighted by atomic mass is 10.3. The number of hydrogen-bond acceptors (Lipinski definition) is 8. The number of amides is 1. The summed E-state index contributed by atoms with van der Waals surface area (Å²) in [5.41, 5.74) is 0.843. The molecule has 1 aromatic carbocycles. The molecule has 1 saturated carbocycles. The Morgan fingerprint density at radius 2 is 2.23 bits per heavy atom. The fourth-order valence-corrected chi connectivity index (χ4v) is 5.60. The summed E-state index contributed by atoms with van der Waals surface area (Å²) < 4.78 is 8.43. The maximum absolute atomic E-state index is 12.5. The molecule has 3 aromatic heterocycles. The maximum atomic E-state index is 12.5. The van der Waals surface area contributed by atoms with Crippen molar-refractivity contribution in [2.75, 3.05) is 18.2 Å². The van der Waals surface area contributed by atoms with Gasteiger partial charge < -0.3 is 14.6 Å². The summed E-state index contributed by atoms with van der Waals surface area (Å²) in [7, 11) is 1.63. The number of fused-ring (bicyclic) bond motifs is 1. The molecular weight excluding hydrogens is 438 g/mol. The molecule has 0 unspecified atom stereocenters. The molecule has 4 aromatic rings. The van der Waals surface area contributed by atoms with Crippen molar-refractivity contribution in [3.8, 4) is 5.75 Å². The van der Waals surface area contributed by atoms with Crippen LogP contribution in [0.15, 0.2) is 40.9 Å². The number of methoxy groups -OCH3 is 1. The molecule has 154 valence electrons. The number of nitrogens with zero attached hydrogens (tertiary/aromatic N) is 4. The zero-order valence-electron chi connectivity index (χ0n) is 16.2. The van der Waals surface area contributed by atoms with Crippen LogP contribution in [0.5, 0.6) is 5.75 Å². The van der Waals surface area contributed by atoms with Crippen LogP contribution in [0.25, 0.3) is 10.2 Å². The third-order valence-electron chi connectivity index (χ3n) is 4.73. The minimum Gasteiger partial charge on any atom is -0.497 e. The molecule has 1 amide bonds. The molecule has 0 spiro atoms. The predicted molar refractivity (Wildman–Crippen MR) is 121 cm³/mol. The SMILES string of the molecule is COc1ccc2nc(NC(=O)CSc3nnc(Cc4cccs4)n3C3CC3)sc2c1. The second-order valence-corrected chi connectivity index (χ2v) is 9.95. The van der Waals surface area contributed by atoms with Gasteiger partial charge in [-0.2, -0.15) is 0 Å². The van der Waals surface area contributed by atoms with Gasteiger partial charge in [-0.1, -0.05) is 29.2 Å². The van der Waals surface area contributed by atoms with Crippen LogP contribution >= 0.6 is 34.4 Å². The first-order valence-corrected chi connectivity index (χ1v) is 12.2. The van der Waals surface area contributed by atoms with Gasteiger partial charge in [0, 0.05) is 17.3 Å². The number of hydrogen-bond donors (Lipinski definition) is 1. The Hall–Kier alpha value is -2.43. The summed E-state index contributed by atoms with van der Waals surface area (Å²) in [6.45, 7) is 0. The molecule has 7 nitrogen and oxygen atoms in total. The van der Waals surface area contributed by atoms with Gasteiger partial charge >= 0.3 is 0 Å². The molecular formula is C20H19N5O2S3. The van der Waals surface area contributed by atoms with Crippen LogP contribution < -0.4 is 10.1 Å².